The summed E-state index contributed by atoms with van der Waals surface area (Å²) in [5, 5.41) is 7.36. The summed E-state index contributed by atoms with van der Waals surface area (Å²) in [5.41, 5.74) is 3.35. The largest absolute Gasteiger partial charge is 0.359 e. The van der Waals surface area contributed by atoms with Crippen LogP contribution in [0.2, 0.25) is 0 Å². The van der Waals surface area contributed by atoms with Gasteiger partial charge in [-0.2, -0.15) is 0 Å². The maximum atomic E-state index is 11.4. The molecule has 0 aliphatic rings. The number of nitrogens with zero attached hydrogens (tertiary/aromatic N) is 3. The van der Waals surface area contributed by atoms with E-state index in [2.05, 4.69) is 20.3 Å². The number of nitrogens with one attached hydrogen (secondary N) is 2. The molecule has 1 heterocycles. The van der Waals surface area contributed by atoms with Gasteiger partial charge in [0.05, 0.1) is 0 Å². The SMILES string of the molecule is CNC(=O)C(C)CN(C)Cc1nnsc1NN. The first-order valence-corrected chi connectivity index (χ1v) is 6.03. The number of amides is 1. The van der Waals surface area contributed by atoms with E-state index in [-0.39, 0.29) is 11.8 Å². The third-order valence-electron chi connectivity index (χ3n) is 2.39. The van der Waals surface area contributed by atoms with Gasteiger partial charge >= 0.3 is 0 Å². The van der Waals surface area contributed by atoms with Crippen LogP contribution in [0.5, 0.6) is 0 Å². The summed E-state index contributed by atoms with van der Waals surface area (Å²) in [5.74, 6) is 5.31. The van der Waals surface area contributed by atoms with Crippen LogP contribution in [0, 0.1) is 5.92 Å². The fourth-order valence-electron chi connectivity index (χ4n) is 1.54. The Morgan fingerprint density at radius 2 is 2.35 bits per heavy atom. The molecule has 0 saturated carbocycles. The molecule has 1 amide bonds. The second-order valence-corrected chi connectivity index (χ2v) is 4.66. The Morgan fingerprint density at radius 3 is 2.94 bits per heavy atom. The van der Waals surface area contributed by atoms with Crippen molar-refractivity contribution in [3.63, 3.8) is 0 Å². The molecule has 4 N–H and O–H groups in total. The smallest absolute Gasteiger partial charge is 0.223 e. The monoisotopic (exact) mass is 258 g/mol. The number of hydrogen-bond donors (Lipinski definition) is 3. The molecule has 0 aliphatic carbocycles. The van der Waals surface area contributed by atoms with Crippen molar-refractivity contribution in [3.05, 3.63) is 5.69 Å². The highest BCUT2D eigenvalue weighted by Gasteiger charge is 2.15. The standard InChI is InChI=1S/C9H18N6OS/c1-6(8(16)11-2)4-15(3)5-7-9(12-10)17-14-13-7/h6,12H,4-5,10H2,1-3H3,(H,11,16). The number of aromatic nitrogens is 2. The lowest BCUT2D eigenvalue weighted by Crippen LogP contribution is -2.34. The molecule has 7 nitrogen and oxygen atoms in total. The van der Waals surface area contributed by atoms with Gasteiger partial charge in [0.1, 0.15) is 10.7 Å². The Labute approximate surface area is 105 Å². The quantitative estimate of drug-likeness (QED) is 0.476. The molecule has 0 aliphatic heterocycles. The van der Waals surface area contributed by atoms with Crippen LogP contribution in [0.4, 0.5) is 5.00 Å². The molecule has 1 atom stereocenters. The van der Waals surface area contributed by atoms with Crippen molar-refractivity contribution in [3.8, 4) is 0 Å². The minimum atomic E-state index is -0.0640. The van der Waals surface area contributed by atoms with Crippen LogP contribution in [-0.4, -0.2) is 41.0 Å². The topological polar surface area (TPSA) is 96.2 Å². The van der Waals surface area contributed by atoms with Gasteiger partial charge in [0.2, 0.25) is 5.91 Å². The highest BCUT2D eigenvalue weighted by molar-refractivity contribution is 7.10. The summed E-state index contributed by atoms with van der Waals surface area (Å²) in [6.45, 7) is 3.15. The lowest BCUT2D eigenvalue weighted by Gasteiger charge is -2.19. The first-order chi connectivity index (χ1) is 8.08. The minimum absolute atomic E-state index is 0.0328. The van der Waals surface area contributed by atoms with Crippen molar-refractivity contribution in [1.82, 2.24) is 19.8 Å². The van der Waals surface area contributed by atoms with Gasteiger partial charge in [0.25, 0.3) is 0 Å². The highest BCUT2D eigenvalue weighted by Crippen LogP contribution is 2.17. The number of hydrazine groups is 1. The van der Waals surface area contributed by atoms with Crippen LogP contribution in [0.25, 0.3) is 0 Å². The molecule has 1 aromatic rings. The van der Waals surface area contributed by atoms with Gasteiger partial charge in [-0.25, -0.2) is 5.84 Å². The second kappa shape index (κ2) is 6.48. The van der Waals surface area contributed by atoms with Gasteiger partial charge in [0, 0.05) is 37.6 Å². The van der Waals surface area contributed by atoms with Gasteiger partial charge < -0.3 is 10.7 Å². The van der Waals surface area contributed by atoms with E-state index in [0.29, 0.717) is 13.1 Å². The Balaban J connectivity index is 2.49. The van der Waals surface area contributed by atoms with Crippen molar-refractivity contribution < 1.29 is 4.79 Å². The normalized spacial score (nSPS) is 12.5. The zero-order valence-corrected chi connectivity index (χ0v) is 11.0. The lowest BCUT2D eigenvalue weighted by molar-refractivity contribution is -0.124. The number of carbonyl (C=O) groups excluding carboxylic acids is 1. The molecule has 1 aromatic heterocycles. The summed E-state index contributed by atoms with van der Waals surface area (Å²) in [6, 6.07) is 0. The van der Waals surface area contributed by atoms with Crippen LogP contribution in [0.1, 0.15) is 12.6 Å². The minimum Gasteiger partial charge on any atom is -0.359 e. The van der Waals surface area contributed by atoms with Gasteiger partial charge in [-0.1, -0.05) is 11.4 Å². The number of nitrogen functional groups attached to an aromatic ring is 1. The van der Waals surface area contributed by atoms with Crippen molar-refractivity contribution in [1.29, 1.82) is 0 Å². The van der Waals surface area contributed by atoms with Crippen molar-refractivity contribution in [2.45, 2.75) is 13.5 Å². The molecule has 8 heteroatoms. The summed E-state index contributed by atoms with van der Waals surface area (Å²) < 4.78 is 3.82. The molecule has 0 spiro atoms. The van der Waals surface area contributed by atoms with E-state index >= 15 is 0 Å². The van der Waals surface area contributed by atoms with Gasteiger partial charge in [-0.3, -0.25) is 9.69 Å². The number of carbonyl (C=O) groups is 1. The fourth-order valence-corrected chi connectivity index (χ4v) is 2.02. The number of rotatable bonds is 6. The zero-order chi connectivity index (χ0) is 12.8. The van der Waals surface area contributed by atoms with E-state index in [9.17, 15) is 4.79 Å². The predicted octanol–water partition coefficient (Wildman–Crippen LogP) is -0.362. The van der Waals surface area contributed by atoms with Crippen molar-refractivity contribution >= 4 is 22.4 Å². The summed E-state index contributed by atoms with van der Waals surface area (Å²) in [7, 11) is 3.57. The molecule has 0 fully saturated rings. The molecular weight excluding hydrogens is 240 g/mol. The molecule has 0 aromatic carbocycles. The summed E-state index contributed by atoms with van der Waals surface area (Å²) >= 11 is 1.22. The average Bonchev–Trinajstić information content (AvgIpc) is 2.74. The van der Waals surface area contributed by atoms with Gasteiger partial charge in [0.15, 0.2) is 0 Å². The highest BCUT2D eigenvalue weighted by atomic mass is 32.1. The number of nitrogens with two attached hydrogens (primary N) is 1. The van der Waals surface area contributed by atoms with Crippen LogP contribution in [-0.2, 0) is 11.3 Å². The Morgan fingerprint density at radius 1 is 1.65 bits per heavy atom. The second-order valence-electron chi connectivity index (χ2n) is 3.91. The van der Waals surface area contributed by atoms with E-state index in [1.165, 1.54) is 11.5 Å². The molecule has 0 radical (unpaired) electrons. The van der Waals surface area contributed by atoms with Crippen molar-refractivity contribution in [2.24, 2.45) is 11.8 Å². The number of hydrogen-bond acceptors (Lipinski definition) is 7. The van der Waals surface area contributed by atoms with Crippen LogP contribution >= 0.6 is 11.5 Å². The zero-order valence-electron chi connectivity index (χ0n) is 10.2. The molecule has 96 valence electrons. The Hall–Kier alpha value is -1.25. The molecule has 0 bridgehead atoms. The molecule has 17 heavy (non-hydrogen) atoms. The molecule has 1 unspecified atom stereocenters. The molecule has 1 rings (SSSR count). The third kappa shape index (κ3) is 3.91. The van der Waals surface area contributed by atoms with E-state index < -0.39 is 0 Å². The first-order valence-electron chi connectivity index (χ1n) is 5.26. The number of anilines is 1. The molecule has 0 saturated heterocycles. The van der Waals surface area contributed by atoms with Crippen LogP contribution in [0.15, 0.2) is 0 Å². The Kier molecular flexibility index (Phi) is 5.26. The maximum absolute atomic E-state index is 11.4. The van der Waals surface area contributed by atoms with Crippen LogP contribution < -0.4 is 16.6 Å². The summed E-state index contributed by atoms with van der Waals surface area (Å²) in [4.78, 5) is 13.4. The third-order valence-corrected chi connectivity index (χ3v) is 3.09. The van der Waals surface area contributed by atoms with Crippen LogP contribution in [0.3, 0.4) is 0 Å². The maximum Gasteiger partial charge on any atom is 0.223 e. The van der Waals surface area contributed by atoms with Gasteiger partial charge in [-0.15, -0.1) is 5.10 Å². The van der Waals surface area contributed by atoms with E-state index in [1.807, 2.05) is 18.9 Å². The van der Waals surface area contributed by atoms with Gasteiger partial charge in [-0.05, 0) is 7.05 Å². The predicted molar refractivity (Wildman–Crippen MR) is 67.3 cm³/mol. The van der Waals surface area contributed by atoms with E-state index in [0.717, 1.165) is 10.7 Å². The molecular formula is C9H18N6OS. The van der Waals surface area contributed by atoms with Crippen molar-refractivity contribution in [2.75, 3.05) is 26.1 Å². The van der Waals surface area contributed by atoms with E-state index in [1.54, 1.807) is 7.05 Å². The fraction of sp³-hybridized carbons (Fsp3) is 0.667. The summed E-state index contributed by atoms with van der Waals surface area (Å²) in [6.07, 6.45) is 0. The first kappa shape index (κ1) is 13.8. The lowest BCUT2D eigenvalue weighted by atomic mass is 10.1. The van der Waals surface area contributed by atoms with E-state index in [4.69, 9.17) is 5.84 Å². The Bertz CT molecular complexity index is 368. The average molecular weight is 258 g/mol.